The van der Waals surface area contributed by atoms with Crippen molar-refractivity contribution in [1.29, 1.82) is 0 Å². The minimum absolute atomic E-state index is 0.306. The Morgan fingerprint density at radius 1 is 0.500 bits per heavy atom. The number of aromatic nitrogens is 1. The standard InChI is InChI=1S/C28H16F2N2O2/c29-19-13-9-17(10-14-19)25-21-5-1-2-6-22(21)26(18-11-15-20(30)16-12-18)31(25)32-27(33)23-7-3-4-8-24(23)28(32)34/h1-16H. The highest BCUT2D eigenvalue weighted by atomic mass is 19.1. The van der Waals surface area contributed by atoms with E-state index < -0.39 is 23.4 Å². The van der Waals surface area contributed by atoms with Gasteiger partial charge in [0.2, 0.25) is 0 Å². The molecular weight excluding hydrogens is 434 g/mol. The van der Waals surface area contributed by atoms with Gasteiger partial charge in [-0.1, -0.05) is 36.4 Å². The van der Waals surface area contributed by atoms with Crippen LogP contribution in [0.5, 0.6) is 0 Å². The Morgan fingerprint density at radius 2 is 0.882 bits per heavy atom. The highest BCUT2D eigenvalue weighted by Crippen LogP contribution is 2.41. The first-order chi connectivity index (χ1) is 16.5. The molecule has 5 aromatic rings. The van der Waals surface area contributed by atoms with Crippen LogP contribution in [-0.4, -0.2) is 16.5 Å². The minimum Gasteiger partial charge on any atom is -0.267 e. The normalized spacial score (nSPS) is 13.1. The number of hydrogen-bond acceptors (Lipinski definition) is 2. The average molecular weight is 450 g/mol. The topological polar surface area (TPSA) is 42.3 Å². The molecule has 0 aliphatic carbocycles. The molecule has 0 spiro atoms. The van der Waals surface area contributed by atoms with E-state index in [1.54, 1.807) is 53.2 Å². The molecule has 0 bridgehead atoms. The third kappa shape index (κ3) is 2.89. The first kappa shape index (κ1) is 20.1. The molecule has 6 rings (SSSR count). The highest BCUT2D eigenvalue weighted by molar-refractivity contribution is 6.31. The molecule has 34 heavy (non-hydrogen) atoms. The van der Waals surface area contributed by atoms with Crippen LogP contribution in [-0.2, 0) is 0 Å². The van der Waals surface area contributed by atoms with E-state index in [2.05, 4.69) is 0 Å². The van der Waals surface area contributed by atoms with E-state index >= 15 is 0 Å². The number of carbonyl (C=O) groups is 2. The van der Waals surface area contributed by atoms with Gasteiger partial charge in [0.05, 0.1) is 22.5 Å². The fourth-order valence-electron chi connectivity index (χ4n) is 4.57. The monoisotopic (exact) mass is 450 g/mol. The Hall–Kier alpha value is -4.58. The molecule has 1 aliphatic rings. The van der Waals surface area contributed by atoms with E-state index in [0.717, 1.165) is 15.8 Å². The Bertz CT molecular complexity index is 1490. The molecule has 0 atom stereocenters. The van der Waals surface area contributed by atoms with E-state index in [-0.39, 0.29) is 0 Å². The summed E-state index contributed by atoms with van der Waals surface area (Å²) >= 11 is 0. The van der Waals surface area contributed by atoms with Crippen molar-refractivity contribution in [1.82, 2.24) is 4.68 Å². The van der Waals surface area contributed by atoms with Gasteiger partial charge >= 0.3 is 0 Å². The number of nitrogens with zero attached hydrogens (tertiary/aromatic N) is 2. The number of imide groups is 1. The molecule has 0 radical (unpaired) electrons. The van der Waals surface area contributed by atoms with Crippen LogP contribution >= 0.6 is 0 Å². The number of fused-ring (bicyclic) bond motifs is 2. The Balaban J connectivity index is 1.73. The Labute approximate surface area is 193 Å². The minimum atomic E-state index is -0.465. The summed E-state index contributed by atoms with van der Waals surface area (Å²) in [6.07, 6.45) is 0. The molecular formula is C28H16F2N2O2. The molecule has 6 heteroatoms. The van der Waals surface area contributed by atoms with Crippen molar-refractivity contribution >= 4 is 22.6 Å². The average Bonchev–Trinajstić information content (AvgIpc) is 3.32. The van der Waals surface area contributed by atoms with Gasteiger partial charge in [0.1, 0.15) is 11.6 Å². The van der Waals surface area contributed by atoms with Crippen molar-refractivity contribution < 1.29 is 18.4 Å². The summed E-state index contributed by atoms with van der Waals surface area (Å²) in [5, 5.41) is 2.65. The van der Waals surface area contributed by atoms with Gasteiger partial charge in [0.15, 0.2) is 0 Å². The quantitative estimate of drug-likeness (QED) is 0.308. The maximum Gasteiger partial charge on any atom is 0.281 e. The van der Waals surface area contributed by atoms with Gasteiger partial charge in [-0.05, 0) is 60.7 Å². The summed E-state index contributed by atoms with van der Waals surface area (Å²) in [7, 11) is 0. The molecule has 0 saturated heterocycles. The molecule has 1 aromatic heterocycles. The smallest absolute Gasteiger partial charge is 0.267 e. The zero-order valence-electron chi connectivity index (χ0n) is 17.7. The molecule has 2 heterocycles. The number of rotatable bonds is 3. The third-order valence-electron chi connectivity index (χ3n) is 6.07. The lowest BCUT2D eigenvalue weighted by Gasteiger charge is -2.22. The summed E-state index contributed by atoms with van der Waals surface area (Å²) < 4.78 is 29.1. The van der Waals surface area contributed by atoms with Gasteiger partial charge in [-0.25, -0.2) is 13.5 Å². The number of carbonyl (C=O) groups excluding carboxylic acids is 2. The number of amides is 2. The van der Waals surface area contributed by atoms with Crippen LogP contribution in [0.2, 0.25) is 0 Å². The Kier molecular flexibility index (Phi) is 4.42. The van der Waals surface area contributed by atoms with Crippen LogP contribution in [0.4, 0.5) is 8.78 Å². The Morgan fingerprint density at radius 3 is 1.29 bits per heavy atom. The van der Waals surface area contributed by atoms with Crippen molar-refractivity contribution in [3.8, 4) is 22.5 Å². The fourth-order valence-corrected chi connectivity index (χ4v) is 4.57. The highest BCUT2D eigenvalue weighted by Gasteiger charge is 2.39. The molecule has 0 unspecified atom stereocenters. The van der Waals surface area contributed by atoms with Crippen LogP contribution in [0.1, 0.15) is 20.7 Å². The summed E-state index contributed by atoms with van der Waals surface area (Å²) in [4.78, 5) is 27.0. The lowest BCUT2D eigenvalue weighted by molar-refractivity contribution is 0.0888. The molecule has 0 fully saturated rings. The van der Waals surface area contributed by atoms with Crippen LogP contribution in [0.15, 0.2) is 97.1 Å². The SMILES string of the molecule is O=C1c2ccccc2C(=O)N1n1c(-c2ccc(F)cc2)c2ccccc2c1-c1ccc(F)cc1. The van der Waals surface area contributed by atoms with Crippen LogP contribution < -0.4 is 5.01 Å². The zero-order valence-corrected chi connectivity index (χ0v) is 17.7. The predicted molar refractivity (Wildman–Crippen MR) is 126 cm³/mol. The maximum atomic E-state index is 13.8. The first-order valence-electron chi connectivity index (χ1n) is 10.7. The number of hydrogen-bond donors (Lipinski definition) is 0. The summed E-state index contributed by atoms with van der Waals surface area (Å²) in [5.74, 6) is -1.73. The van der Waals surface area contributed by atoms with E-state index in [9.17, 15) is 18.4 Å². The molecule has 4 aromatic carbocycles. The van der Waals surface area contributed by atoms with Crippen molar-refractivity contribution in [3.63, 3.8) is 0 Å². The molecule has 1 aliphatic heterocycles. The van der Waals surface area contributed by atoms with Gasteiger partial charge in [-0.2, -0.15) is 5.01 Å². The maximum absolute atomic E-state index is 13.8. The van der Waals surface area contributed by atoms with Crippen LogP contribution in [0.3, 0.4) is 0 Å². The lowest BCUT2D eigenvalue weighted by atomic mass is 10.0. The van der Waals surface area contributed by atoms with Gasteiger partial charge in [0, 0.05) is 21.9 Å². The number of halogens is 2. The van der Waals surface area contributed by atoms with Gasteiger partial charge < -0.3 is 0 Å². The summed E-state index contributed by atoms with van der Waals surface area (Å²) in [5.41, 5.74) is 2.99. The van der Waals surface area contributed by atoms with Crippen LogP contribution in [0, 0.1) is 11.6 Å². The van der Waals surface area contributed by atoms with E-state index in [4.69, 9.17) is 0 Å². The molecule has 2 amide bonds. The van der Waals surface area contributed by atoms with Crippen molar-refractivity contribution in [3.05, 3.63) is 120 Å². The molecule has 0 saturated carbocycles. The van der Waals surface area contributed by atoms with Gasteiger partial charge in [-0.3, -0.25) is 9.59 Å². The van der Waals surface area contributed by atoms with Crippen molar-refractivity contribution in [2.24, 2.45) is 0 Å². The first-order valence-corrected chi connectivity index (χ1v) is 10.7. The summed E-state index contributed by atoms with van der Waals surface area (Å²) in [6, 6.07) is 25.9. The van der Waals surface area contributed by atoms with Crippen LogP contribution in [0.25, 0.3) is 33.3 Å². The predicted octanol–water partition coefficient (Wildman–Crippen LogP) is 6.19. The molecule has 164 valence electrons. The second-order valence-electron chi connectivity index (χ2n) is 8.04. The van der Waals surface area contributed by atoms with Crippen molar-refractivity contribution in [2.75, 3.05) is 5.01 Å². The fraction of sp³-hybridized carbons (Fsp3) is 0. The third-order valence-corrected chi connectivity index (χ3v) is 6.07. The zero-order chi connectivity index (χ0) is 23.4. The van der Waals surface area contributed by atoms with Crippen molar-refractivity contribution in [2.45, 2.75) is 0 Å². The lowest BCUT2D eigenvalue weighted by Crippen LogP contribution is -2.40. The van der Waals surface area contributed by atoms with E-state index in [1.165, 1.54) is 24.3 Å². The number of benzene rings is 4. The largest absolute Gasteiger partial charge is 0.281 e. The van der Waals surface area contributed by atoms with Gasteiger partial charge in [-0.15, -0.1) is 0 Å². The van der Waals surface area contributed by atoms with E-state index in [0.29, 0.717) is 33.6 Å². The second kappa shape index (κ2) is 7.49. The molecule has 0 N–H and O–H groups in total. The summed E-state index contributed by atoms with van der Waals surface area (Å²) in [6.45, 7) is 0. The molecule has 4 nitrogen and oxygen atoms in total. The van der Waals surface area contributed by atoms with Gasteiger partial charge in [0.25, 0.3) is 11.8 Å². The van der Waals surface area contributed by atoms with E-state index in [1.807, 2.05) is 24.3 Å². The second-order valence-corrected chi connectivity index (χ2v) is 8.04.